The molecule has 5 heteroatoms. The highest BCUT2D eigenvalue weighted by molar-refractivity contribution is 7.90. The molecular formula is C21H21NO3S. The predicted molar refractivity (Wildman–Crippen MR) is 102 cm³/mol. The SMILES string of the molecule is O=C(c1cc2ccccc2n1S(=O)(=O)c1ccccc1)C1CCCCC1. The minimum absolute atomic E-state index is 0.0552. The Morgan fingerprint density at radius 1 is 0.885 bits per heavy atom. The van der Waals surface area contributed by atoms with Gasteiger partial charge in [-0.2, -0.15) is 0 Å². The van der Waals surface area contributed by atoms with Gasteiger partial charge in [0, 0.05) is 11.3 Å². The maximum Gasteiger partial charge on any atom is 0.268 e. The van der Waals surface area contributed by atoms with Gasteiger partial charge in [-0.1, -0.05) is 55.7 Å². The second-order valence-electron chi connectivity index (χ2n) is 6.87. The number of aromatic nitrogens is 1. The fourth-order valence-corrected chi connectivity index (χ4v) is 5.37. The molecule has 0 atom stereocenters. The van der Waals surface area contributed by atoms with Gasteiger partial charge < -0.3 is 0 Å². The highest BCUT2D eigenvalue weighted by Gasteiger charge is 2.30. The average molecular weight is 367 g/mol. The summed E-state index contributed by atoms with van der Waals surface area (Å²) in [6.45, 7) is 0. The molecule has 134 valence electrons. The first-order valence-electron chi connectivity index (χ1n) is 9.04. The average Bonchev–Trinajstić information content (AvgIpc) is 3.09. The quantitative estimate of drug-likeness (QED) is 0.631. The Kier molecular flexibility index (Phi) is 4.41. The molecule has 0 bridgehead atoms. The molecule has 1 fully saturated rings. The van der Waals surface area contributed by atoms with Gasteiger partial charge in [-0.15, -0.1) is 0 Å². The molecule has 2 aromatic carbocycles. The number of Topliss-reactive ketones (excluding diaryl/α,β-unsaturated/α-hetero) is 1. The van der Waals surface area contributed by atoms with Crippen molar-refractivity contribution in [2.24, 2.45) is 5.92 Å². The van der Waals surface area contributed by atoms with Crippen molar-refractivity contribution in [3.8, 4) is 0 Å². The fraction of sp³-hybridized carbons (Fsp3) is 0.286. The Labute approximate surface area is 153 Å². The first-order valence-corrected chi connectivity index (χ1v) is 10.5. The van der Waals surface area contributed by atoms with Crippen molar-refractivity contribution in [1.29, 1.82) is 0 Å². The van der Waals surface area contributed by atoms with Crippen molar-refractivity contribution < 1.29 is 13.2 Å². The summed E-state index contributed by atoms with van der Waals surface area (Å²) < 4.78 is 27.9. The number of hydrogen-bond donors (Lipinski definition) is 0. The van der Waals surface area contributed by atoms with Crippen molar-refractivity contribution in [3.63, 3.8) is 0 Å². The van der Waals surface area contributed by atoms with Gasteiger partial charge in [-0.25, -0.2) is 12.4 Å². The molecule has 1 heterocycles. The van der Waals surface area contributed by atoms with Crippen molar-refractivity contribution in [1.82, 2.24) is 3.97 Å². The number of hydrogen-bond acceptors (Lipinski definition) is 3. The lowest BCUT2D eigenvalue weighted by Gasteiger charge is -2.21. The zero-order valence-electron chi connectivity index (χ0n) is 14.5. The number of fused-ring (bicyclic) bond motifs is 1. The smallest absolute Gasteiger partial charge is 0.268 e. The number of para-hydroxylation sites is 1. The Hall–Kier alpha value is -2.40. The van der Waals surface area contributed by atoms with Gasteiger partial charge in [0.15, 0.2) is 5.78 Å². The number of carbonyl (C=O) groups is 1. The van der Waals surface area contributed by atoms with Crippen LogP contribution in [0.2, 0.25) is 0 Å². The number of nitrogens with zero attached hydrogens (tertiary/aromatic N) is 1. The molecule has 0 saturated heterocycles. The third kappa shape index (κ3) is 2.86. The molecule has 4 rings (SSSR count). The van der Waals surface area contributed by atoms with Crippen LogP contribution in [0.3, 0.4) is 0 Å². The van der Waals surface area contributed by atoms with Gasteiger partial charge in [-0.05, 0) is 37.1 Å². The number of rotatable bonds is 4. The number of ketones is 1. The molecule has 1 aliphatic carbocycles. The van der Waals surface area contributed by atoms with E-state index in [4.69, 9.17) is 0 Å². The summed E-state index contributed by atoms with van der Waals surface area (Å²) in [7, 11) is -3.84. The van der Waals surface area contributed by atoms with Crippen LogP contribution in [0.5, 0.6) is 0 Å². The molecule has 4 nitrogen and oxygen atoms in total. The summed E-state index contributed by atoms with van der Waals surface area (Å²) in [5.74, 6) is -0.141. The Morgan fingerprint density at radius 3 is 2.27 bits per heavy atom. The summed E-state index contributed by atoms with van der Waals surface area (Å²) in [5.41, 5.74) is 0.831. The summed E-state index contributed by atoms with van der Waals surface area (Å²) in [5, 5.41) is 0.770. The van der Waals surface area contributed by atoms with Crippen molar-refractivity contribution in [2.45, 2.75) is 37.0 Å². The summed E-state index contributed by atoms with van der Waals surface area (Å²) in [4.78, 5) is 13.4. The highest BCUT2D eigenvalue weighted by atomic mass is 32.2. The van der Waals surface area contributed by atoms with E-state index >= 15 is 0 Å². The molecule has 0 radical (unpaired) electrons. The zero-order valence-corrected chi connectivity index (χ0v) is 15.3. The van der Waals surface area contributed by atoms with E-state index in [1.807, 2.05) is 12.1 Å². The van der Waals surface area contributed by atoms with Gasteiger partial charge in [0.2, 0.25) is 0 Å². The second-order valence-corrected chi connectivity index (χ2v) is 8.66. The maximum atomic E-state index is 13.3. The van der Waals surface area contributed by atoms with E-state index in [9.17, 15) is 13.2 Å². The van der Waals surface area contributed by atoms with Crippen LogP contribution in [-0.4, -0.2) is 18.2 Å². The highest BCUT2D eigenvalue weighted by Crippen LogP contribution is 2.31. The summed E-state index contributed by atoms with van der Waals surface area (Å²) in [6, 6.07) is 17.3. The van der Waals surface area contributed by atoms with E-state index < -0.39 is 10.0 Å². The van der Waals surface area contributed by atoms with Crippen LogP contribution in [0.4, 0.5) is 0 Å². The molecule has 0 aliphatic heterocycles. The van der Waals surface area contributed by atoms with E-state index in [1.54, 1.807) is 48.5 Å². The zero-order chi connectivity index (χ0) is 18.1. The molecule has 3 aromatic rings. The summed E-state index contributed by atoms with van der Waals surface area (Å²) in [6.07, 6.45) is 4.89. The van der Waals surface area contributed by atoms with Crippen LogP contribution < -0.4 is 0 Å². The van der Waals surface area contributed by atoms with Gasteiger partial charge in [0.05, 0.1) is 10.4 Å². The Balaban J connectivity index is 1.91. The molecular weight excluding hydrogens is 346 g/mol. The third-order valence-corrected chi connectivity index (χ3v) is 6.92. The van der Waals surface area contributed by atoms with Crippen LogP contribution in [0.25, 0.3) is 10.9 Å². The minimum Gasteiger partial charge on any atom is -0.292 e. The molecule has 1 aliphatic rings. The van der Waals surface area contributed by atoms with Crippen molar-refractivity contribution in [2.75, 3.05) is 0 Å². The standard InChI is InChI=1S/C21H21NO3S/c23-21(16-9-3-1-4-10-16)20-15-17-11-7-8-14-19(17)22(20)26(24,25)18-12-5-2-6-13-18/h2,5-8,11-16H,1,3-4,9-10H2. The Bertz CT molecular complexity index is 1050. The lowest BCUT2D eigenvalue weighted by molar-refractivity contribution is 0.0883. The van der Waals surface area contributed by atoms with Crippen LogP contribution in [-0.2, 0) is 10.0 Å². The topological polar surface area (TPSA) is 56.1 Å². The third-order valence-electron chi connectivity index (χ3n) is 5.18. The van der Waals surface area contributed by atoms with E-state index in [2.05, 4.69) is 0 Å². The molecule has 1 saturated carbocycles. The molecule has 26 heavy (non-hydrogen) atoms. The first kappa shape index (κ1) is 17.0. The van der Waals surface area contributed by atoms with Crippen LogP contribution >= 0.6 is 0 Å². The Morgan fingerprint density at radius 2 is 1.54 bits per heavy atom. The second kappa shape index (κ2) is 6.72. The van der Waals surface area contributed by atoms with Crippen molar-refractivity contribution >= 4 is 26.7 Å². The number of carbonyl (C=O) groups excluding carboxylic acids is 1. The van der Waals surface area contributed by atoms with E-state index in [1.165, 1.54) is 3.97 Å². The van der Waals surface area contributed by atoms with E-state index in [0.717, 1.165) is 37.5 Å². The molecule has 1 aromatic heterocycles. The first-order chi connectivity index (χ1) is 12.6. The van der Waals surface area contributed by atoms with Gasteiger partial charge in [0.25, 0.3) is 10.0 Å². The molecule has 0 N–H and O–H groups in total. The van der Waals surface area contributed by atoms with Gasteiger partial charge in [-0.3, -0.25) is 4.79 Å². The molecule has 0 unspecified atom stereocenters. The van der Waals surface area contributed by atoms with Crippen LogP contribution in [0.1, 0.15) is 42.6 Å². The largest absolute Gasteiger partial charge is 0.292 e. The normalized spacial score (nSPS) is 16.0. The van der Waals surface area contributed by atoms with E-state index in [-0.39, 0.29) is 22.3 Å². The van der Waals surface area contributed by atoms with Gasteiger partial charge >= 0.3 is 0 Å². The minimum atomic E-state index is -3.84. The summed E-state index contributed by atoms with van der Waals surface area (Å²) >= 11 is 0. The predicted octanol–water partition coefficient (Wildman–Crippen LogP) is 4.64. The monoisotopic (exact) mass is 367 g/mol. The van der Waals surface area contributed by atoms with Crippen LogP contribution in [0, 0.1) is 5.92 Å². The van der Waals surface area contributed by atoms with Crippen LogP contribution in [0.15, 0.2) is 65.6 Å². The maximum absolute atomic E-state index is 13.3. The number of benzene rings is 2. The van der Waals surface area contributed by atoms with E-state index in [0.29, 0.717) is 5.52 Å². The fourth-order valence-electron chi connectivity index (χ4n) is 3.83. The lowest BCUT2D eigenvalue weighted by atomic mass is 9.85. The lowest BCUT2D eigenvalue weighted by Crippen LogP contribution is -2.24. The van der Waals surface area contributed by atoms with Gasteiger partial charge in [0.1, 0.15) is 5.69 Å². The molecule has 0 amide bonds. The van der Waals surface area contributed by atoms with Crippen molar-refractivity contribution in [3.05, 3.63) is 66.4 Å². The molecule has 0 spiro atoms.